The number of nitrogens with one attached hydrogen (secondary N) is 5. The topological polar surface area (TPSA) is 309 Å². The number of carbonyl (C=O) groups is 10. The molecule has 426 valence electrons. The highest BCUT2D eigenvalue weighted by molar-refractivity contribution is 5.96. The first-order valence-electron chi connectivity index (χ1n) is 25.6. The van der Waals surface area contributed by atoms with Crippen LogP contribution in [0.5, 0.6) is 0 Å². The van der Waals surface area contributed by atoms with E-state index in [1.54, 1.807) is 67.9 Å². The van der Waals surface area contributed by atoms with Crippen LogP contribution in [0.4, 0.5) is 13.6 Å². The third-order valence-electron chi connectivity index (χ3n) is 12.5. The van der Waals surface area contributed by atoms with Gasteiger partial charge in [0.05, 0.1) is 31.5 Å². The molecule has 4 rings (SSSR count). The number of aliphatic carboxylic acids is 2. The van der Waals surface area contributed by atoms with E-state index in [0.717, 1.165) is 23.8 Å². The Hall–Kier alpha value is -8.34. The average Bonchev–Trinajstić information content (AvgIpc) is 3.83. The number of carboxylic acid groups (broad SMARTS) is 2. The van der Waals surface area contributed by atoms with Gasteiger partial charge in [-0.2, -0.15) is 0 Å². The molecule has 4 aromatic rings. The maximum Gasteiger partial charge on any atom is 0.408 e. The van der Waals surface area contributed by atoms with Crippen molar-refractivity contribution >= 4 is 59.1 Å². The van der Waals surface area contributed by atoms with E-state index in [9.17, 15) is 62.5 Å². The molecular formula is C56H69F2N7O14. The first-order valence-corrected chi connectivity index (χ1v) is 25.6. The van der Waals surface area contributed by atoms with Crippen molar-refractivity contribution < 1.29 is 76.8 Å². The van der Waals surface area contributed by atoms with E-state index < -0.39 is 145 Å². The molecule has 0 bridgehead atoms. The summed E-state index contributed by atoms with van der Waals surface area (Å²) in [5, 5.41) is 41.3. The van der Waals surface area contributed by atoms with E-state index in [1.807, 2.05) is 30.3 Å². The number of alkyl carbamates (subject to hydrolysis) is 1. The van der Waals surface area contributed by atoms with Crippen LogP contribution in [-0.2, 0) is 61.0 Å². The molecule has 0 saturated heterocycles. The van der Waals surface area contributed by atoms with Crippen molar-refractivity contribution in [2.75, 3.05) is 26.2 Å². The quantitative estimate of drug-likeness (QED) is 0.0320. The van der Waals surface area contributed by atoms with Gasteiger partial charge in [-0.05, 0) is 60.6 Å². The fraction of sp³-hybridized carbons (Fsp3) is 0.429. The molecule has 0 aliphatic rings. The molecule has 3 aromatic carbocycles. The second-order valence-electron chi connectivity index (χ2n) is 20.0. The highest BCUT2D eigenvalue weighted by Gasteiger charge is 2.39. The molecule has 21 nitrogen and oxygen atoms in total. The van der Waals surface area contributed by atoms with Crippen molar-refractivity contribution in [1.82, 2.24) is 36.1 Å². The van der Waals surface area contributed by atoms with Crippen molar-refractivity contribution in [1.29, 1.82) is 0 Å². The van der Waals surface area contributed by atoms with E-state index in [2.05, 4.69) is 26.6 Å². The number of rotatable bonds is 31. The Kier molecular flexibility index (Phi) is 24.4. The number of hydrogen-bond acceptors (Lipinski definition) is 12. The number of Topliss-reactive ketones (excluding diaryl/α,β-unsaturated/α-hetero) is 2. The highest BCUT2D eigenvalue weighted by Crippen LogP contribution is 2.41. The fourth-order valence-corrected chi connectivity index (χ4v) is 8.42. The predicted octanol–water partition coefficient (Wildman–Crippen LogP) is 4.58. The zero-order chi connectivity index (χ0) is 58.4. The Morgan fingerprint density at radius 3 is 1.99 bits per heavy atom. The van der Waals surface area contributed by atoms with E-state index in [4.69, 9.17) is 9.84 Å². The highest BCUT2D eigenvalue weighted by atomic mass is 19.1. The zero-order valence-electron chi connectivity index (χ0n) is 44.7. The fourth-order valence-electron chi connectivity index (χ4n) is 8.42. The van der Waals surface area contributed by atoms with Crippen molar-refractivity contribution in [2.24, 2.45) is 11.3 Å². The van der Waals surface area contributed by atoms with Gasteiger partial charge in [0.25, 0.3) is 0 Å². The Morgan fingerprint density at radius 1 is 0.722 bits per heavy atom. The summed E-state index contributed by atoms with van der Waals surface area (Å²) >= 11 is 0. The second-order valence-corrected chi connectivity index (χ2v) is 20.0. The number of carbonyl (C=O) groups excluding carboxylic acids is 8. The SMILES string of the molecule is C[C@H](NC(=O)OCc1ccccc1)C(=O)C[C@H](C)C(=O)N[C@@H](CC(=O)O)C(=O)N[C@@H](CCN(C(=O)CO)[C@@H](c1cc(-c2cc(F)ccc2F)cn1Cc1ccccc1)C(C)(C)C)C(=O)NCCCC(=O)CNC(=O)CCC(=O)O. The number of aromatic nitrogens is 1. The minimum Gasteiger partial charge on any atom is -0.481 e. The number of nitrogens with zero attached hydrogens (tertiary/aromatic N) is 2. The van der Waals surface area contributed by atoms with E-state index in [1.165, 1.54) is 18.7 Å². The maximum atomic E-state index is 15.4. The van der Waals surface area contributed by atoms with Gasteiger partial charge in [0.1, 0.15) is 36.9 Å². The van der Waals surface area contributed by atoms with Crippen molar-refractivity contribution in [3.63, 3.8) is 0 Å². The van der Waals surface area contributed by atoms with Gasteiger partial charge in [0, 0.05) is 67.8 Å². The molecule has 0 unspecified atom stereocenters. The number of ketones is 2. The van der Waals surface area contributed by atoms with Crippen LogP contribution in [0.25, 0.3) is 11.1 Å². The molecule has 23 heteroatoms. The van der Waals surface area contributed by atoms with Crippen molar-refractivity contribution in [3.05, 3.63) is 120 Å². The molecular weight excluding hydrogens is 1030 g/mol. The molecule has 0 fully saturated rings. The molecule has 1 heterocycles. The third kappa shape index (κ3) is 20.9. The van der Waals surface area contributed by atoms with Crippen LogP contribution in [0.3, 0.4) is 0 Å². The largest absolute Gasteiger partial charge is 0.481 e. The van der Waals surface area contributed by atoms with Crippen LogP contribution in [-0.4, -0.2) is 128 Å². The number of ether oxygens (including phenoxy) is 1. The summed E-state index contributed by atoms with van der Waals surface area (Å²) in [6.45, 7) is 6.18. The number of aliphatic hydroxyl groups is 1. The van der Waals surface area contributed by atoms with Gasteiger partial charge in [-0.1, -0.05) is 88.4 Å². The van der Waals surface area contributed by atoms with E-state index in [0.29, 0.717) is 11.3 Å². The lowest BCUT2D eigenvalue weighted by molar-refractivity contribution is -0.142. The van der Waals surface area contributed by atoms with Crippen LogP contribution in [0.2, 0.25) is 0 Å². The van der Waals surface area contributed by atoms with Gasteiger partial charge in [-0.3, -0.25) is 43.2 Å². The number of hydrogen-bond donors (Lipinski definition) is 8. The van der Waals surface area contributed by atoms with Crippen LogP contribution in [0.15, 0.2) is 91.1 Å². The first-order chi connectivity index (χ1) is 37.4. The van der Waals surface area contributed by atoms with Crippen LogP contribution in [0, 0.1) is 23.0 Å². The van der Waals surface area contributed by atoms with Gasteiger partial charge < -0.3 is 56.1 Å². The van der Waals surface area contributed by atoms with Gasteiger partial charge >= 0.3 is 18.0 Å². The molecule has 1 aromatic heterocycles. The monoisotopic (exact) mass is 1100 g/mol. The Labute approximate surface area is 455 Å². The third-order valence-corrected chi connectivity index (χ3v) is 12.5. The molecule has 5 atom stereocenters. The molecule has 0 aliphatic heterocycles. The standard InChI is InChI=1S/C56H69F2N7O14/c1-34(25-46(68)35(2)61-55(78)79-33-37-15-10-7-11-16-37)52(75)63-44(28-50(73)74)54(77)62-43(53(76)59-23-12-17-40(67)29-60-47(69)20-21-49(71)72)22-24-65(48(70)32-66)51(56(3,4)5)45-26-38(41-27-39(57)18-19-42(41)58)31-64(45)30-36-13-8-6-9-14-36/h6-11,13-16,18-19,26-27,31,34-35,43-44,51,66H,12,17,20-25,28-30,32-33H2,1-5H3,(H,59,76)(H,60,69)(H,61,78)(H,62,77)(H,63,75)(H,71,72)(H,73,74)/t34-,35-,43-,44-,51-/m0/s1. The lowest BCUT2D eigenvalue weighted by atomic mass is 9.82. The molecule has 8 N–H and O–H groups in total. The average molecular weight is 1100 g/mol. The molecule has 6 amide bonds. The van der Waals surface area contributed by atoms with Gasteiger partial charge in [0.2, 0.25) is 29.5 Å². The summed E-state index contributed by atoms with van der Waals surface area (Å²) in [5.41, 5.74) is 1.18. The molecule has 0 spiro atoms. The Morgan fingerprint density at radius 2 is 1.37 bits per heavy atom. The van der Waals surface area contributed by atoms with Crippen molar-refractivity contribution in [3.8, 4) is 11.1 Å². The lowest BCUT2D eigenvalue weighted by Gasteiger charge is -2.41. The minimum absolute atomic E-state index is 0.0153. The Balaban J connectivity index is 1.61. The zero-order valence-corrected chi connectivity index (χ0v) is 44.7. The molecule has 0 aliphatic carbocycles. The van der Waals surface area contributed by atoms with Crippen LogP contribution >= 0.6 is 0 Å². The second kappa shape index (κ2) is 30.6. The van der Waals surface area contributed by atoms with Gasteiger partial charge in [-0.15, -0.1) is 0 Å². The minimum atomic E-state index is -1.84. The number of benzene rings is 3. The number of aliphatic hydroxyl groups excluding tert-OH is 1. The number of carboxylic acids is 2. The smallest absolute Gasteiger partial charge is 0.408 e. The van der Waals surface area contributed by atoms with Crippen molar-refractivity contribution in [2.45, 2.75) is 117 Å². The molecule has 0 saturated carbocycles. The normalized spacial score (nSPS) is 13.1. The molecule has 79 heavy (non-hydrogen) atoms. The van der Waals surface area contributed by atoms with Gasteiger partial charge in [0.15, 0.2) is 11.6 Å². The summed E-state index contributed by atoms with van der Waals surface area (Å²) in [5.74, 6) is -10.9. The first kappa shape index (κ1) is 63.2. The van der Waals surface area contributed by atoms with Crippen LogP contribution in [0.1, 0.15) is 102 Å². The maximum absolute atomic E-state index is 15.4. The van der Waals surface area contributed by atoms with E-state index in [-0.39, 0.29) is 56.6 Å². The van der Waals surface area contributed by atoms with E-state index >= 15 is 4.39 Å². The Bertz CT molecular complexity index is 2790. The summed E-state index contributed by atoms with van der Waals surface area (Å²) < 4.78 is 36.9. The van der Waals surface area contributed by atoms with Crippen LogP contribution < -0.4 is 26.6 Å². The summed E-state index contributed by atoms with van der Waals surface area (Å²) in [7, 11) is 0. The summed E-state index contributed by atoms with van der Waals surface area (Å²) in [4.78, 5) is 130. The number of amides is 6. The van der Waals surface area contributed by atoms with Gasteiger partial charge in [-0.25, -0.2) is 13.6 Å². The predicted molar refractivity (Wildman–Crippen MR) is 282 cm³/mol. The molecule has 0 radical (unpaired) electrons. The number of halogens is 2. The lowest BCUT2D eigenvalue weighted by Crippen LogP contribution is -2.56. The summed E-state index contributed by atoms with van der Waals surface area (Å²) in [6.07, 6.45) is -2.10. The summed E-state index contributed by atoms with van der Waals surface area (Å²) in [6, 6.07) is 16.9.